The van der Waals surface area contributed by atoms with Crippen LogP contribution in [0.3, 0.4) is 0 Å². The number of aromatic nitrogens is 2. The molecule has 0 saturated carbocycles. The van der Waals surface area contributed by atoms with Gasteiger partial charge in [0.25, 0.3) is 5.56 Å². The van der Waals surface area contributed by atoms with Crippen molar-refractivity contribution in [2.24, 2.45) is 0 Å². The van der Waals surface area contributed by atoms with Crippen LogP contribution in [0, 0.1) is 0 Å². The smallest absolute Gasteiger partial charge is 0.271 e. The van der Waals surface area contributed by atoms with Gasteiger partial charge in [0.05, 0.1) is 5.69 Å². The Morgan fingerprint density at radius 1 is 1.05 bits per heavy atom. The number of nitrogens with one attached hydrogen (secondary N) is 1. The molecule has 5 nitrogen and oxygen atoms in total. The van der Waals surface area contributed by atoms with Crippen LogP contribution >= 0.6 is 11.6 Å². The first-order chi connectivity index (χ1) is 9.74. The Balaban J connectivity index is 1.98. The lowest BCUT2D eigenvalue weighted by Gasteiger charge is -2.28. The quantitative estimate of drug-likeness (QED) is 0.906. The van der Waals surface area contributed by atoms with E-state index in [1.54, 1.807) is 36.4 Å². The van der Waals surface area contributed by atoms with E-state index in [1.807, 2.05) is 0 Å². The molecule has 1 N–H and O–H groups in total. The number of anilines is 1. The van der Waals surface area contributed by atoms with Gasteiger partial charge in [-0.1, -0.05) is 11.6 Å². The van der Waals surface area contributed by atoms with Crippen LogP contribution in [0.5, 0.6) is 0 Å². The number of hydrogen-bond donors (Lipinski definition) is 1. The molecule has 0 aliphatic carbocycles. The highest BCUT2D eigenvalue weighted by atomic mass is 35.5. The zero-order chi connectivity index (χ0) is 13.9. The molecule has 0 bridgehead atoms. The number of piperazine rings is 1. The van der Waals surface area contributed by atoms with Crippen molar-refractivity contribution < 1.29 is 0 Å². The highest BCUT2D eigenvalue weighted by Crippen LogP contribution is 2.13. The van der Waals surface area contributed by atoms with Crippen molar-refractivity contribution in [2.45, 2.75) is 0 Å². The summed E-state index contributed by atoms with van der Waals surface area (Å²) in [5, 5.41) is 8.39. The summed E-state index contributed by atoms with van der Waals surface area (Å²) in [6.45, 7) is 3.65. The van der Waals surface area contributed by atoms with E-state index >= 15 is 0 Å². The van der Waals surface area contributed by atoms with E-state index in [2.05, 4.69) is 15.3 Å². The molecule has 1 fully saturated rings. The zero-order valence-electron chi connectivity index (χ0n) is 10.9. The fourth-order valence-corrected chi connectivity index (χ4v) is 2.36. The molecule has 1 aromatic carbocycles. The highest BCUT2D eigenvalue weighted by Gasteiger charge is 2.13. The van der Waals surface area contributed by atoms with E-state index in [9.17, 15) is 4.79 Å². The summed E-state index contributed by atoms with van der Waals surface area (Å²) in [5.41, 5.74) is 0.572. The van der Waals surface area contributed by atoms with Gasteiger partial charge in [-0.3, -0.25) is 4.79 Å². The van der Waals surface area contributed by atoms with E-state index in [-0.39, 0.29) is 5.56 Å². The minimum atomic E-state index is -0.147. The predicted molar refractivity (Wildman–Crippen MR) is 79.9 cm³/mol. The van der Waals surface area contributed by atoms with E-state index in [1.165, 1.54) is 4.68 Å². The first-order valence-electron chi connectivity index (χ1n) is 6.56. The molecule has 0 spiro atoms. The topological polar surface area (TPSA) is 50.2 Å². The molecule has 2 aromatic rings. The van der Waals surface area contributed by atoms with Gasteiger partial charge in [0.15, 0.2) is 0 Å². The first kappa shape index (κ1) is 13.1. The molecule has 0 unspecified atom stereocenters. The third kappa shape index (κ3) is 2.69. The van der Waals surface area contributed by atoms with Gasteiger partial charge >= 0.3 is 0 Å². The maximum absolute atomic E-state index is 12.0. The second-order valence-corrected chi connectivity index (χ2v) is 5.09. The number of hydrogen-bond acceptors (Lipinski definition) is 4. The largest absolute Gasteiger partial charge is 0.353 e. The molecule has 1 aliphatic heterocycles. The van der Waals surface area contributed by atoms with Crippen molar-refractivity contribution in [3.63, 3.8) is 0 Å². The molecular weight excluding hydrogens is 276 g/mol. The summed E-state index contributed by atoms with van der Waals surface area (Å²) in [5.74, 6) is 0.820. The summed E-state index contributed by atoms with van der Waals surface area (Å²) in [6.07, 6.45) is 0. The lowest BCUT2D eigenvalue weighted by Crippen LogP contribution is -2.44. The zero-order valence-corrected chi connectivity index (χ0v) is 11.7. The summed E-state index contributed by atoms with van der Waals surface area (Å²) in [7, 11) is 0. The van der Waals surface area contributed by atoms with Crippen LogP contribution in [-0.4, -0.2) is 36.0 Å². The molecule has 6 heteroatoms. The number of benzene rings is 1. The van der Waals surface area contributed by atoms with E-state index in [4.69, 9.17) is 11.6 Å². The van der Waals surface area contributed by atoms with Crippen molar-refractivity contribution in [3.05, 3.63) is 51.8 Å². The molecule has 1 aliphatic rings. The Morgan fingerprint density at radius 3 is 2.45 bits per heavy atom. The second kappa shape index (κ2) is 5.64. The van der Waals surface area contributed by atoms with Crippen LogP contribution < -0.4 is 15.8 Å². The lowest BCUT2D eigenvalue weighted by molar-refractivity contribution is 0.579. The highest BCUT2D eigenvalue weighted by molar-refractivity contribution is 6.30. The maximum atomic E-state index is 12.0. The van der Waals surface area contributed by atoms with Crippen molar-refractivity contribution in [3.8, 4) is 5.69 Å². The van der Waals surface area contributed by atoms with Gasteiger partial charge in [-0.15, -0.1) is 5.10 Å². The van der Waals surface area contributed by atoms with Gasteiger partial charge in [0.1, 0.15) is 5.82 Å². The minimum absolute atomic E-state index is 0.147. The lowest BCUT2D eigenvalue weighted by atomic mass is 10.3. The monoisotopic (exact) mass is 290 g/mol. The van der Waals surface area contributed by atoms with Crippen molar-refractivity contribution in [2.75, 3.05) is 31.1 Å². The molecule has 3 rings (SSSR count). The van der Waals surface area contributed by atoms with Crippen molar-refractivity contribution in [1.82, 2.24) is 15.1 Å². The molecular formula is C14H15ClN4O. The average molecular weight is 291 g/mol. The van der Waals surface area contributed by atoms with Gasteiger partial charge in [-0.25, -0.2) is 0 Å². The summed E-state index contributed by atoms with van der Waals surface area (Å²) >= 11 is 5.87. The van der Waals surface area contributed by atoms with Gasteiger partial charge in [-0.2, -0.15) is 4.68 Å². The third-order valence-electron chi connectivity index (χ3n) is 3.30. The van der Waals surface area contributed by atoms with Crippen LogP contribution in [0.15, 0.2) is 41.2 Å². The van der Waals surface area contributed by atoms with Crippen LogP contribution in [-0.2, 0) is 0 Å². The van der Waals surface area contributed by atoms with Crippen LogP contribution in [0.4, 0.5) is 5.82 Å². The average Bonchev–Trinajstić information content (AvgIpc) is 2.50. The van der Waals surface area contributed by atoms with Crippen LogP contribution in [0.25, 0.3) is 5.69 Å². The maximum Gasteiger partial charge on any atom is 0.271 e. The molecule has 2 heterocycles. The molecule has 1 aromatic heterocycles. The number of halogens is 1. The van der Waals surface area contributed by atoms with Gasteiger partial charge in [0.2, 0.25) is 0 Å². The molecule has 104 valence electrons. The predicted octanol–water partition coefficient (Wildman–Crippen LogP) is 1.30. The summed E-state index contributed by atoms with van der Waals surface area (Å²) in [4.78, 5) is 14.1. The van der Waals surface area contributed by atoms with E-state index in [0.717, 1.165) is 37.7 Å². The SMILES string of the molecule is O=c1ccc(N2CCNCC2)nn1-c1ccc(Cl)cc1. The van der Waals surface area contributed by atoms with E-state index < -0.39 is 0 Å². The van der Waals surface area contributed by atoms with Crippen LogP contribution in [0.1, 0.15) is 0 Å². The second-order valence-electron chi connectivity index (χ2n) is 4.66. The minimum Gasteiger partial charge on any atom is -0.353 e. The Bertz CT molecular complexity index is 647. The van der Waals surface area contributed by atoms with Crippen molar-refractivity contribution >= 4 is 17.4 Å². The molecule has 0 amide bonds. The van der Waals surface area contributed by atoms with Gasteiger partial charge in [-0.05, 0) is 30.3 Å². The Hall–Kier alpha value is -1.85. The fourth-order valence-electron chi connectivity index (χ4n) is 2.23. The Morgan fingerprint density at radius 2 is 1.75 bits per heavy atom. The van der Waals surface area contributed by atoms with E-state index in [0.29, 0.717) is 5.02 Å². The third-order valence-corrected chi connectivity index (χ3v) is 3.55. The molecule has 1 saturated heterocycles. The fraction of sp³-hybridized carbons (Fsp3) is 0.286. The van der Waals surface area contributed by atoms with Crippen LogP contribution in [0.2, 0.25) is 5.02 Å². The number of nitrogens with zero attached hydrogens (tertiary/aromatic N) is 3. The Kier molecular flexibility index (Phi) is 3.71. The molecule has 20 heavy (non-hydrogen) atoms. The molecule has 0 atom stereocenters. The summed E-state index contributed by atoms with van der Waals surface area (Å²) in [6, 6.07) is 10.4. The number of rotatable bonds is 2. The normalized spacial score (nSPS) is 15.3. The van der Waals surface area contributed by atoms with Gasteiger partial charge < -0.3 is 10.2 Å². The standard InChI is InChI=1S/C14H15ClN4O/c15-11-1-3-12(4-2-11)19-14(20)6-5-13(17-19)18-9-7-16-8-10-18/h1-6,16H,7-10H2. The molecule has 0 radical (unpaired) electrons. The van der Waals surface area contributed by atoms with Crippen molar-refractivity contribution in [1.29, 1.82) is 0 Å². The first-order valence-corrected chi connectivity index (χ1v) is 6.94. The Labute approximate surface area is 121 Å². The summed E-state index contributed by atoms with van der Waals surface area (Å²) < 4.78 is 1.41. The van der Waals surface area contributed by atoms with Gasteiger partial charge in [0, 0.05) is 37.3 Å².